The van der Waals surface area contributed by atoms with Crippen molar-refractivity contribution in [1.82, 2.24) is 0 Å². The van der Waals surface area contributed by atoms with Gasteiger partial charge in [0.1, 0.15) is 0 Å². The molecule has 0 saturated heterocycles. The van der Waals surface area contributed by atoms with Crippen LogP contribution in [-0.2, 0) is 6.42 Å². The molecule has 1 aromatic rings. The van der Waals surface area contributed by atoms with Gasteiger partial charge < -0.3 is 15.5 Å². The molecule has 3 nitrogen and oxygen atoms in total. The van der Waals surface area contributed by atoms with Gasteiger partial charge in [-0.2, -0.15) is 0 Å². The molecule has 1 aromatic carbocycles. The van der Waals surface area contributed by atoms with Crippen molar-refractivity contribution < 1.29 is 10.2 Å². The Morgan fingerprint density at radius 1 is 1.25 bits per heavy atom. The molecular formula is C13H21NO2. The Morgan fingerprint density at radius 3 is 2.50 bits per heavy atom. The minimum atomic E-state index is -0.695. The molecule has 0 saturated carbocycles. The fourth-order valence-electron chi connectivity index (χ4n) is 1.47. The molecule has 0 fully saturated rings. The van der Waals surface area contributed by atoms with Crippen molar-refractivity contribution in [2.45, 2.75) is 32.3 Å². The summed E-state index contributed by atoms with van der Waals surface area (Å²) in [4.78, 5) is 0. The molecular weight excluding hydrogens is 202 g/mol. The first kappa shape index (κ1) is 13.0. The molecule has 0 aliphatic carbocycles. The molecule has 3 N–H and O–H groups in total. The summed E-state index contributed by atoms with van der Waals surface area (Å²) >= 11 is 0. The second kappa shape index (κ2) is 7.25. The Labute approximate surface area is 97.1 Å². The number of benzene rings is 1. The molecule has 1 atom stereocenters. The highest BCUT2D eigenvalue weighted by Crippen LogP contribution is 2.11. The van der Waals surface area contributed by atoms with Crippen molar-refractivity contribution >= 4 is 5.69 Å². The monoisotopic (exact) mass is 223 g/mol. The van der Waals surface area contributed by atoms with Crippen molar-refractivity contribution in [2.75, 3.05) is 18.5 Å². The summed E-state index contributed by atoms with van der Waals surface area (Å²) in [5, 5.41) is 20.9. The third-order valence-electron chi connectivity index (χ3n) is 2.53. The van der Waals surface area contributed by atoms with Gasteiger partial charge in [-0.05, 0) is 30.5 Å². The van der Waals surface area contributed by atoms with Gasteiger partial charge in [0.25, 0.3) is 0 Å². The first-order chi connectivity index (χ1) is 7.76. The molecule has 0 aliphatic rings. The second-order valence-electron chi connectivity index (χ2n) is 4.02. The maximum Gasteiger partial charge on any atom is 0.0942 e. The highest BCUT2D eigenvalue weighted by atomic mass is 16.3. The lowest BCUT2D eigenvalue weighted by Gasteiger charge is -2.10. The zero-order chi connectivity index (χ0) is 11.8. The number of anilines is 1. The number of aryl methyl sites for hydroxylation is 1. The second-order valence-corrected chi connectivity index (χ2v) is 4.02. The minimum absolute atomic E-state index is 0.207. The minimum Gasteiger partial charge on any atom is -0.394 e. The van der Waals surface area contributed by atoms with Gasteiger partial charge in [-0.25, -0.2) is 0 Å². The van der Waals surface area contributed by atoms with Gasteiger partial charge in [0.2, 0.25) is 0 Å². The molecule has 0 aliphatic heterocycles. The van der Waals surface area contributed by atoms with Crippen molar-refractivity contribution in [3.05, 3.63) is 29.8 Å². The van der Waals surface area contributed by atoms with Crippen LogP contribution < -0.4 is 5.32 Å². The van der Waals surface area contributed by atoms with Crippen LogP contribution in [0.5, 0.6) is 0 Å². The van der Waals surface area contributed by atoms with E-state index in [-0.39, 0.29) is 6.61 Å². The maximum absolute atomic E-state index is 9.18. The van der Waals surface area contributed by atoms with E-state index in [1.165, 1.54) is 18.4 Å². The molecule has 0 aromatic heterocycles. The average Bonchev–Trinajstić information content (AvgIpc) is 2.34. The highest BCUT2D eigenvalue weighted by Gasteiger charge is 2.00. The first-order valence-corrected chi connectivity index (χ1v) is 5.88. The highest BCUT2D eigenvalue weighted by molar-refractivity contribution is 5.44. The number of rotatable bonds is 7. The molecule has 3 heteroatoms. The van der Waals surface area contributed by atoms with Gasteiger partial charge in [0, 0.05) is 12.2 Å². The summed E-state index contributed by atoms with van der Waals surface area (Å²) in [6, 6.07) is 8.22. The fourth-order valence-corrected chi connectivity index (χ4v) is 1.47. The predicted octanol–water partition coefficient (Wildman–Crippen LogP) is 1.79. The number of nitrogens with one attached hydrogen (secondary N) is 1. The van der Waals surface area contributed by atoms with Crippen LogP contribution >= 0.6 is 0 Å². The van der Waals surface area contributed by atoms with Crippen molar-refractivity contribution in [3.8, 4) is 0 Å². The van der Waals surface area contributed by atoms with Crippen molar-refractivity contribution in [2.24, 2.45) is 0 Å². The van der Waals surface area contributed by atoms with Gasteiger partial charge in [0.05, 0.1) is 12.7 Å². The maximum atomic E-state index is 9.18. The van der Waals surface area contributed by atoms with Gasteiger partial charge in [0.15, 0.2) is 0 Å². The summed E-state index contributed by atoms with van der Waals surface area (Å²) in [7, 11) is 0. The van der Waals surface area contributed by atoms with Crippen molar-refractivity contribution in [3.63, 3.8) is 0 Å². The zero-order valence-corrected chi connectivity index (χ0v) is 9.82. The Hall–Kier alpha value is -1.06. The molecule has 16 heavy (non-hydrogen) atoms. The summed E-state index contributed by atoms with van der Waals surface area (Å²) in [6.45, 7) is 2.36. The van der Waals surface area contributed by atoms with E-state index >= 15 is 0 Å². The number of hydrogen-bond donors (Lipinski definition) is 3. The first-order valence-electron chi connectivity index (χ1n) is 5.88. The van der Waals surface area contributed by atoms with Crippen LogP contribution in [0.15, 0.2) is 24.3 Å². The fraction of sp³-hybridized carbons (Fsp3) is 0.538. The molecule has 0 heterocycles. The van der Waals surface area contributed by atoms with Crippen LogP contribution in [0.3, 0.4) is 0 Å². The van der Waals surface area contributed by atoms with E-state index in [4.69, 9.17) is 5.11 Å². The van der Waals surface area contributed by atoms with Gasteiger partial charge >= 0.3 is 0 Å². The molecule has 0 unspecified atom stereocenters. The van der Waals surface area contributed by atoms with E-state index in [0.29, 0.717) is 6.54 Å². The summed E-state index contributed by atoms with van der Waals surface area (Å²) in [6.07, 6.45) is 2.86. The smallest absolute Gasteiger partial charge is 0.0942 e. The topological polar surface area (TPSA) is 52.5 Å². The van der Waals surface area contributed by atoms with Crippen LogP contribution in [0, 0.1) is 0 Å². The SMILES string of the molecule is CCCCc1ccc(NC[C@H](O)CO)cc1. The zero-order valence-electron chi connectivity index (χ0n) is 9.82. The van der Waals surface area contributed by atoms with E-state index in [1.807, 2.05) is 12.1 Å². The molecule has 0 bridgehead atoms. The molecule has 0 amide bonds. The lowest BCUT2D eigenvalue weighted by atomic mass is 10.1. The van der Waals surface area contributed by atoms with Crippen LogP contribution in [0.4, 0.5) is 5.69 Å². The predicted molar refractivity (Wildman–Crippen MR) is 66.6 cm³/mol. The average molecular weight is 223 g/mol. The summed E-state index contributed by atoms with van der Waals surface area (Å²) < 4.78 is 0. The van der Waals surface area contributed by atoms with E-state index < -0.39 is 6.10 Å². The Bertz CT molecular complexity index is 284. The van der Waals surface area contributed by atoms with Gasteiger partial charge in [-0.3, -0.25) is 0 Å². The Balaban J connectivity index is 2.38. The van der Waals surface area contributed by atoms with Crippen LogP contribution in [-0.4, -0.2) is 29.5 Å². The quantitative estimate of drug-likeness (QED) is 0.660. The Morgan fingerprint density at radius 2 is 1.94 bits per heavy atom. The van der Waals surface area contributed by atoms with Crippen molar-refractivity contribution in [1.29, 1.82) is 0 Å². The van der Waals surface area contributed by atoms with Crippen LogP contribution in [0.2, 0.25) is 0 Å². The lowest BCUT2D eigenvalue weighted by Crippen LogP contribution is -2.22. The number of unbranched alkanes of at least 4 members (excludes halogenated alkanes) is 1. The van der Waals surface area contributed by atoms with E-state index in [9.17, 15) is 5.11 Å². The Kier molecular flexibility index (Phi) is 5.90. The molecule has 0 spiro atoms. The normalized spacial score (nSPS) is 12.4. The number of aliphatic hydroxyl groups is 2. The largest absolute Gasteiger partial charge is 0.394 e. The molecule has 0 radical (unpaired) electrons. The van der Waals surface area contributed by atoms with Gasteiger partial charge in [-0.1, -0.05) is 25.5 Å². The number of hydrogen-bond acceptors (Lipinski definition) is 3. The number of aliphatic hydroxyl groups excluding tert-OH is 2. The third-order valence-corrected chi connectivity index (χ3v) is 2.53. The third kappa shape index (κ3) is 4.64. The lowest BCUT2D eigenvalue weighted by molar-refractivity contribution is 0.105. The van der Waals surface area contributed by atoms with E-state index in [0.717, 1.165) is 12.1 Å². The van der Waals surface area contributed by atoms with Gasteiger partial charge in [-0.15, -0.1) is 0 Å². The van der Waals surface area contributed by atoms with E-state index in [2.05, 4.69) is 24.4 Å². The van der Waals surface area contributed by atoms with Crippen LogP contribution in [0.25, 0.3) is 0 Å². The van der Waals surface area contributed by atoms with Crippen LogP contribution in [0.1, 0.15) is 25.3 Å². The summed E-state index contributed by atoms with van der Waals surface area (Å²) in [5.74, 6) is 0. The standard InChI is InChI=1S/C13H21NO2/c1-2-3-4-11-5-7-12(8-6-11)14-9-13(16)10-15/h5-8,13-16H,2-4,9-10H2,1H3/t13-/m0/s1. The summed E-state index contributed by atoms with van der Waals surface area (Å²) in [5.41, 5.74) is 2.32. The molecule has 90 valence electrons. The molecule has 1 rings (SSSR count). The van der Waals surface area contributed by atoms with E-state index in [1.54, 1.807) is 0 Å².